The highest BCUT2D eigenvalue weighted by Crippen LogP contribution is 2.21. The molecular weight excluding hydrogens is 388 g/mol. The van der Waals surface area contributed by atoms with Gasteiger partial charge in [0.2, 0.25) is 11.1 Å². The number of carbonyl (C=O) groups is 2. The molecule has 0 radical (unpaired) electrons. The number of rotatable bonds is 7. The molecule has 0 aliphatic rings. The van der Waals surface area contributed by atoms with Crippen LogP contribution in [0.1, 0.15) is 29.8 Å². The number of benzene rings is 2. The first-order valence-electron chi connectivity index (χ1n) is 9.14. The fourth-order valence-electron chi connectivity index (χ4n) is 2.52. The molecular formula is C21H22N4O3S. The first-order chi connectivity index (χ1) is 13.9. The Kier molecular flexibility index (Phi) is 6.66. The summed E-state index contributed by atoms with van der Waals surface area (Å²) in [6.45, 7) is 5.57. The molecule has 0 fully saturated rings. The molecule has 0 atom stereocenters. The highest BCUT2D eigenvalue weighted by molar-refractivity contribution is 7.99. The van der Waals surface area contributed by atoms with Gasteiger partial charge in [0, 0.05) is 5.56 Å². The number of hydrogen-bond acceptors (Lipinski definition) is 6. The van der Waals surface area contributed by atoms with E-state index in [2.05, 4.69) is 20.5 Å². The molecule has 0 saturated heterocycles. The van der Waals surface area contributed by atoms with Crippen molar-refractivity contribution in [3.05, 3.63) is 59.7 Å². The monoisotopic (exact) mass is 410 g/mol. The summed E-state index contributed by atoms with van der Waals surface area (Å²) in [7, 11) is 0. The molecule has 2 aromatic carbocycles. The average molecular weight is 410 g/mol. The summed E-state index contributed by atoms with van der Waals surface area (Å²) >= 11 is 1.21. The van der Waals surface area contributed by atoms with Gasteiger partial charge in [-0.25, -0.2) is 9.78 Å². The first-order valence-corrected chi connectivity index (χ1v) is 10.1. The van der Waals surface area contributed by atoms with E-state index < -0.39 is 5.97 Å². The van der Waals surface area contributed by atoms with Gasteiger partial charge in [0.15, 0.2) is 5.82 Å². The maximum atomic E-state index is 12.3. The Morgan fingerprint density at radius 1 is 1.14 bits per heavy atom. The van der Waals surface area contributed by atoms with Crippen molar-refractivity contribution < 1.29 is 14.3 Å². The van der Waals surface area contributed by atoms with E-state index >= 15 is 0 Å². The molecule has 3 rings (SSSR count). The van der Waals surface area contributed by atoms with Gasteiger partial charge in [-0.1, -0.05) is 53.7 Å². The van der Waals surface area contributed by atoms with E-state index in [-0.39, 0.29) is 17.8 Å². The molecule has 29 heavy (non-hydrogen) atoms. The molecule has 0 spiro atoms. The minimum absolute atomic E-state index is 0.110. The number of aromatic amines is 1. The van der Waals surface area contributed by atoms with Gasteiger partial charge in [0.1, 0.15) is 0 Å². The third kappa shape index (κ3) is 5.68. The number of ether oxygens (including phenoxy) is 1. The van der Waals surface area contributed by atoms with E-state index in [1.807, 2.05) is 31.2 Å². The van der Waals surface area contributed by atoms with Gasteiger partial charge >= 0.3 is 5.97 Å². The number of aryl methyl sites for hydroxylation is 1. The van der Waals surface area contributed by atoms with Gasteiger partial charge in [-0.05, 0) is 32.9 Å². The Bertz CT molecular complexity index is 999. The number of thioether (sulfide) groups is 1. The predicted octanol–water partition coefficient (Wildman–Crippen LogP) is 4.08. The Labute approximate surface area is 173 Å². The van der Waals surface area contributed by atoms with Crippen LogP contribution in [0.3, 0.4) is 0 Å². The molecule has 2 N–H and O–H groups in total. The molecule has 0 bridgehead atoms. The van der Waals surface area contributed by atoms with Crippen LogP contribution in [0.2, 0.25) is 0 Å². The summed E-state index contributed by atoms with van der Waals surface area (Å²) in [4.78, 5) is 28.9. The van der Waals surface area contributed by atoms with Crippen molar-refractivity contribution in [2.45, 2.75) is 32.0 Å². The SMILES string of the molecule is Cc1ccc(-c2nc(SCC(=O)Nc3ccccc3C(=O)OC(C)C)n[nH]2)cc1. The van der Waals surface area contributed by atoms with E-state index in [4.69, 9.17) is 4.74 Å². The zero-order valence-electron chi connectivity index (χ0n) is 16.4. The third-order valence-electron chi connectivity index (χ3n) is 3.89. The lowest BCUT2D eigenvalue weighted by Crippen LogP contribution is -2.18. The van der Waals surface area contributed by atoms with E-state index in [1.54, 1.807) is 38.1 Å². The summed E-state index contributed by atoms with van der Waals surface area (Å²) < 4.78 is 5.22. The van der Waals surface area contributed by atoms with Crippen LogP contribution in [0, 0.1) is 6.92 Å². The fraction of sp³-hybridized carbons (Fsp3) is 0.238. The zero-order chi connectivity index (χ0) is 20.8. The number of amides is 1. The second kappa shape index (κ2) is 9.38. The Morgan fingerprint density at radius 3 is 2.59 bits per heavy atom. The van der Waals surface area contributed by atoms with Crippen LogP contribution < -0.4 is 5.32 Å². The van der Waals surface area contributed by atoms with Crippen LogP contribution in [-0.4, -0.2) is 38.9 Å². The fourth-order valence-corrected chi connectivity index (χ4v) is 3.11. The van der Waals surface area contributed by atoms with Crippen molar-refractivity contribution in [3.63, 3.8) is 0 Å². The molecule has 8 heteroatoms. The number of H-pyrrole nitrogens is 1. The maximum absolute atomic E-state index is 12.3. The highest BCUT2D eigenvalue weighted by Gasteiger charge is 2.16. The number of nitrogens with zero attached hydrogens (tertiary/aromatic N) is 2. The van der Waals surface area contributed by atoms with Gasteiger partial charge in [0.25, 0.3) is 0 Å². The van der Waals surface area contributed by atoms with Crippen LogP contribution in [-0.2, 0) is 9.53 Å². The van der Waals surface area contributed by atoms with Crippen LogP contribution in [0.25, 0.3) is 11.4 Å². The molecule has 3 aromatic rings. The molecule has 7 nitrogen and oxygen atoms in total. The van der Waals surface area contributed by atoms with Crippen molar-refractivity contribution in [1.82, 2.24) is 15.2 Å². The zero-order valence-corrected chi connectivity index (χ0v) is 17.2. The van der Waals surface area contributed by atoms with Gasteiger partial charge in [-0.3, -0.25) is 9.89 Å². The Morgan fingerprint density at radius 2 is 1.86 bits per heavy atom. The van der Waals surface area contributed by atoms with E-state index in [1.165, 1.54) is 11.8 Å². The summed E-state index contributed by atoms with van der Waals surface area (Å²) in [6, 6.07) is 14.7. The molecule has 1 amide bonds. The molecule has 1 aromatic heterocycles. The molecule has 0 aliphatic heterocycles. The van der Waals surface area contributed by atoms with Gasteiger partial charge in [-0.2, -0.15) is 0 Å². The van der Waals surface area contributed by atoms with Crippen molar-refractivity contribution in [2.75, 3.05) is 11.1 Å². The number of hydrogen-bond donors (Lipinski definition) is 2. The van der Waals surface area contributed by atoms with Crippen LogP contribution >= 0.6 is 11.8 Å². The maximum Gasteiger partial charge on any atom is 0.340 e. The normalized spacial score (nSPS) is 10.8. The number of para-hydroxylation sites is 1. The summed E-state index contributed by atoms with van der Waals surface area (Å²) in [6.07, 6.45) is -0.240. The summed E-state index contributed by atoms with van der Waals surface area (Å²) in [5.41, 5.74) is 2.83. The molecule has 1 heterocycles. The van der Waals surface area contributed by atoms with Gasteiger partial charge < -0.3 is 10.1 Å². The molecule has 0 aliphatic carbocycles. The minimum Gasteiger partial charge on any atom is -0.459 e. The topological polar surface area (TPSA) is 97.0 Å². The lowest BCUT2D eigenvalue weighted by Gasteiger charge is -2.12. The summed E-state index contributed by atoms with van der Waals surface area (Å²) in [5, 5.41) is 10.3. The largest absolute Gasteiger partial charge is 0.459 e. The first kappa shape index (κ1) is 20.6. The van der Waals surface area contributed by atoms with E-state index in [9.17, 15) is 9.59 Å². The van der Waals surface area contributed by atoms with Crippen LogP contribution in [0.4, 0.5) is 5.69 Å². The number of carbonyl (C=O) groups excluding carboxylic acids is 2. The highest BCUT2D eigenvalue weighted by atomic mass is 32.2. The van der Waals surface area contributed by atoms with E-state index in [0.29, 0.717) is 22.2 Å². The van der Waals surface area contributed by atoms with Crippen molar-refractivity contribution in [1.29, 1.82) is 0 Å². The summed E-state index contributed by atoms with van der Waals surface area (Å²) in [5.74, 6) is 0.0232. The number of nitrogens with one attached hydrogen (secondary N) is 2. The Balaban J connectivity index is 1.60. The van der Waals surface area contributed by atoms with Gasteiger partial charge in [0.05, 0.1) is 23.1 Å². The Hall–Kier alpha value is -3.13. The lowest BCUT2D eigenvalue weighted by molar-refractivity contribution is -0.113. The second-order valence-corrected chi connectivity index (χ2v) is 7.61. The van der Waals surface area contributed by atoms with Crippen molar-refractivity contribution in [2.24, 2.45) is 0 Å². The average Bonchev–Trinajstić information content (AvgIpc) is 3.16. The third-order valence-corrected chi connectivity index (χ3v) is 4.73. The second-order valence-electron chi connectivity index (χ2n) is 6.67. The van der Waals surface area contributed by atoms with Gasteiger partial charge in [-0.15, -0.1) is 5.10 Å². The smallest absolute Gasteiger partial charge is 0.340 e. The predicted molar refractivity (Wildman–Crippen MR) is 113 cm³/mol. The quantitative estimate of drug-likeness (QED) is 0.450. The standard InChI is InChI=1S/C21H22N4O3S/c1-13(2)28-20(27)16-6-4-5-7-17(16)22-18(26)12-29-21-23-19(24-25-21)15-10-8-14(3)9-11-15/h4-11,13H,12H2,1-3H3,(H,22,26)(H,23,24,25). The molecule has 0 saturated carbocycles. The molecule has 0 unspecified atom stereocenters. The number of aromatic nitrogens is 3. The number of anilines is 1. The van der Waals surface area contributed by atoms with Crippen molar-refractivity contribution >= 4 is 29.3 Å². The molecule has 150 valence electrons. The van der Waals surface area contributed by atoms with Crippen LogP contribution in [0.5, 0.6) is 0 Å². The number of esters is 1. The van der Waals surface area contributed by atoms with Crippen molar-refractivity contribution in [3.8, 4) is 11.4 Å². The van der Waals surface area contributed by atoms with Crippen LogP contribution in [0.15, 0.2) is 53.7 Å². The minimum atomic E-state index is -0.472. The van der Waals surface area contributed by atoms with E-state index in [0.717, 1.165) is 11.1 Å². The lowest BCUT2D eigenvalue weighted by atomic mass is 10.1.